The molecular formula is C13H7ClF2O2. The number of hydrogen-bond acceptors (Lipinski definition) is 2. The van der Waals surface area contributed by atoms with Crippen LogP contribution in [-0.4, -0.2) is 6.29 Å². The second-order valence-electron chi connectivity index (χ2n) is 3.49. The van der Waals surface area contributed by atoms with E-state index in [2.05, 4.69) is 0 Å². The third-order valence-electron chi connectivity index (χ3n) is 2.17. The van der Waals surface area contributed by atoms with Crippen LogP contribution >= 0.6 is 11.6 Å². The number of benzene rings is 2. The van der Waals surface area contributed by atoms with Gasteiger partial charge in [0.2, 0.25) is 0 Å². The predicted octanol–water partition coefficient (Wildman–Crippen LogP) is 4.22. The Morgan fingerprint density at radius 3 is 2.67 bits per heavy atom. The van der Waals surface area contributed by atoms with Crippen molar-refractivity contribution in [1.82, 2.24) is 0 Å². The molecule has 0 atom stereocenters. The van der Waals surface area contributed by atoms with Gasteiger partial charge >= 0.3 is 0 Å². The van der Waals surface area contributed by atoms with Gasteiger partial charge in [-0.2, -0.15) is 0 Å². The van der Waals surface area contributed by atoms with Crippen LogP contribution in [0.15, 0.2) is 36.4 Å². The maximum Gasteiger partial charge on any atom is 0.184 e. The number of carbonyl (C=O) groups excluding carboxylic acids is 1. The van der Waals surface area contributed by atoms with Crippen LogP contribution in [0.2, 0.25) is 5.02 Å². The molecule has 5 heteroatoms. The fourth-order valence-corrected chi connectivity index (χ4v) is 1.57. The van der Waals surface area contributed by atoms with Crippen molar-refractivity contribution >= 4 is 17.9 Å². The van der Waals surface area contributed by atoms with Crippen molar-refractivity contribution in [2.45, 2.75) is 0 Å². The first-order chi connectivity index (χ1) is 8.60. The van der Waals surface area contributed by atoms with Crippen LogP contribution < -0.4 is 4.74 Å². The lowest BCUT2D eigenvalue weighted by Gasteiger charge is -2.08. The van der Waals surface area contributed by atoms with Gasteiger partial charge in [0.05, 0.1) is 5.02 Å². The van der Waals surface area contributed by atoms with Crippen LogP contribution in [0.25, 0.3) is 0 Å². The Morgan fingerprint density at radius 2 is 1.94 bits per heavy atom. The van der Waals surface area contributed by atoms with Gasteiger partial charge in [-0.15, -0.1) is 0 Å². The number of halogens is 3. The van der Waals surface area contributed by atoms with E-state index in [4.69, 9.17) is 16.3 Å². The van der Waals surface area contributed by atoms with E-state index in [1.165, 1.54) is 24.3 Å². The van der Waals surface area contributed by atoms with Crippen molar-refractivity contribution in [3.8, 4) is 11.5 Å². The summed E-state index contributed by atoms with van der Waals surface area (Å²) in [5.41, 5.74) is 0.104. The van der Waals surface area contributed by atoms with Gasteiger partial charge in [0, 0.05) is 11.6 Å². The van der Waals surface area contributed by atoms with Crippen molar-refractivity contribution in [1.29, 1.82) is 0 Å². The molecule has 0 bridgehead atoms. The molecule has 0 aliphatic rings. The molecule has 0 fully saturated rings. The Balaban J connectivity index is 2.36. The smallest absolute Gasteiger partial charge is 0.184 e. The maximum atomic E-state index is 13.6. The Bertz CT molecular complexity index is 600. The molecule has 2 rings (SSSR count). The zero-order valence-electron chi connectivity index (χ0n) is 8.99. The van der Waals surface area contributed by atoms with Gasteiger partial charge in [0.15, 0.2) is 11.6 Å². The van der Waals surface area contributed by atoms with E-state index < -0.39 is 11.6 Å². The lowest BCUT2D eigenvalue weighted by molar-refractivity contribution is 0.112. The van der Waals surface area contributed by atoms with E-state index in [9.17, 15) is 13.6 Å². The number of hydrogen-bond donors (Lipinski definition) is 0. The van der Waals surface area contributed by atoms with Gasteiger partial charge in [0.25, 0.3) is 0 Å². The van der Waals surface area contributed by atoms with Crippen molar-refractivity contribution < 1.29 is 18.3 Å². The first-order valence-corrected chi connectivity index (χ1v) is 5.35. The number of aldehydes is 1. The minimum absolute atomic E-state index is 0.0262. The minimum atomic E-state index is -0.740. The second kappa shape index (κ2) is 5.14. The molecule has 0 unspecified atom stereocenters. The van der Waals surface area contributed by atoms with Crippen LogP contribution in [0, 0.1) is 11.6 Å². The summed E-state index contributed by atoms with van der Waals surface area (Å²) in [6.07, 6.45) is 0.476. The second-order valence-corrected chi connectivity index (χ2v) is 3.90. The topological polar surface area (TPSA) is 26.3 Å². The summed E-state index contributed by atoms with van der Waals surface area (Å²) in [7, 11) is 0. The molecule has 0 radical (unpaired) electrons. The van der Waals surface area contributed by atoms with E-state index in [1.807, 2.05) is 0 Å². The van der Waals surface area contributed by atoms with Gasteiger partial charge in [-0.25, -0.2) is 8.78 Å². The maximum absolute atomic E-state index is 13.6. The van der Waals surface area contributed by atoms with Crippen molar-refractivity contribution in [2.75, 3.05) is 0 Å². The van der Waals surface area contributed by atoms with Gasteiger partial charge < -0.3 is 4.74 Å². The average Bonchev–Trinajstić information content (AvgIpc) is 2.34. The molecule has 0 heterocycles. The van der Waals surface area contributed by atoms with Gasteiger partial charge in [-0.05, 0) is 24.3 Å². The number of ether oxygens (including phenoxy) is 1. The molecule has 0 aliphatic heterocycles. The molecule has 2 aromatic rings. The van der Waals surface area contributed by atoms with Gasteiger partial charge in [-0.3, -0.25) is 4.79 Å². The summed E-state index contributed by atoms with van der Waals surface area (Å²) >= 11 is 5.58. The highest BCUT2D eigenvalue weighted by molar-refractivity contribution is 6.30. The minimum Gasteiger partial charge on any atom is -0.454 e. The zero-order chi connectivity index (χ0) is 13.1. The third-order valence-corrected chi connectivity index (χ3v) is 2.47. The molecule has 0 saturated carbocycles. The van der Waals surface area contributed by atoms with Crippen LogP contribution in [0.4, 0.5) is 8.78 Å². The third kappa shape index (κ3) is 2.65. The molecular weight excluding hydrogens is 262 g/mol. The van der Waals surface area contributed by atoms with E-state index in [0.29, 0.717) is 6.29 Å². The van der Waals surface area contributed by atoms with Gasteiger partial charge in [-0.1, -0.05) is 17.7 Å². The molecule has 0 N–H and O–H groups in total. The molecule has 0 saturated heterocycles. The summed E-state index contributed by atoms with van der Waals surface area (Å²) in [5, 5.41) is -0.0977. The molecule has 0 aliphatic carbocycles. The highest BCUT2D eigenvalue weighted by Gasteiger charge is 2.09. The lowest BCUT2D eigenvalue weighted by Crippen LogP contribution is -1.91. The highest BCUT2D eigenvalue weighted by atomic mass is 35.5. The molecule has 2 aromatic carbocycles. The van der Waals surface area contributed by atoms with E-state index in [-0.39, 0.29) is 22.1 Å². The Hall–Kier alpha value is -1.94. The predicted molar refractivity (Wildman–Crippen MR) is 63.3 cm³/mol. The fourth-order valence-electron chi connectivity index (χ4n) is 1.40. The Morgan fingerprint density at radius 1 is 1.17 bits per heavy atom. The van der Waals surface area contributed by atoms with Crippen molar-refractivity contribution in [3.63, 3.8) is 0 Å². The first kappa shape index (κ1) is 12.5. The van der Waals surface area contributed by atoms with E-state index in [0.717, 1.165) is 12.1 Å². The number of rotatable bonds is 3. The van der Waals surface area contributed by atoms with Crippen LogP contribution in [0.3, 0.4) is 0 Å². The quantitative estimate of drug-likeness (QED) is 0.779. The SMILES string of the molecule is O=Cc1cc(F)cc(Oc2cccc(Cl)c2F)c1. The summed E-state index contributed by atoms with van der Waals surface area (Å²) in [4.78, 5) is 10.6. The normalized spacial score (nSPS) is 10.2. The van der Waals surface area contributed by atoms with Crippen LogP contribution in [0.1, 0.15) is 10.4 Å². The summed E-state index contributed by atoms with van der Waals surface area (Å²) in [5.74, 6) is -1.49. The molecule has 2 nitrogen and oxygen atoms in total. The average molecular weight is 269 g/mol. The lowest BCUT2D eigenvalue weighted by atomic mass is 10.2. The van der Waals surface area contributed by atoms with Crippen molar-refractivity contribution in [2.24, 2.45) is 0 Å². The van der Waals surface area contributed by atoms with E-state index in [1.54, 1.807) is 0 Å². The van der Waals surface area contributed by atoms with Crippen LogP contribution in [0.5, 0.6) is 11.5 Å². The standard InChI is InChI=1S/C13H7ClF2O2/c14-11-2-1-3-12(13(11)16)18-10-5-8(7-17)4-9(15)6-10/h1-7H. The molecule has 18 heavy (non-hydrogen) atoms. The van der Waals surface area contributed by atoms with Gasteiger partial charge in [0.1, 0.15) is 17.9 Å². The van der Waals surface area contributed by atoms with E-state index >= 15 is 0 Å². The largest absolute Gasteiger partial charge is 0.454 e. The summed E-state index contributed by atoms with van der Waals surface area (Å²) < 4.78 is 31.8. The summed E-state index contributed by atoms with van der Waals surface area (Å²) in [6.45, 7) is 0. The summed E-state index contributed by atoms with van der Waals surface area (Å²) in [6, 6.07) is 7.62. The molecule has 0 spiro atoms. The Labute approximate surface area is 107 Å². The van der Waals surface area contributed by atoms with Crippen LogP contribution in [-0.2, 0) is 0 Å². The molecule has 92 valence electrons. The first-order valence-electron chi connectivity index (χ1n) is 4.98. The molecule has 0 amide bonds. The Kier molecular flexibility index (Phi) is 3.58. The molecule has 0 aromatic heterocycles. The number of carbonyl (C=O) groups is 1. The monoisotopic (exact) mass is 268 g/mol. The zero-order valence-corrected chi connectivity index (χ0v) is 9.75. The van der Waals surface area contributed by atoms with Crippen molar-refractivity contribution in [3.05, 3.63) is 58.6 Å². The fraction of sp³-hybridized carbons (Fsp3) is 0. The highest BCUT2D eigenvalue weighted by Crippen LogP contribution is 2.29.